The van der Waals surface area contributed by atoms with E-state index in [-0.39, 0.29) is 18.4 Å². The van der Waals surface area contributed by atoms with Crippen molar-refractivity contribution in [3.63, 3.8) is 0 Å². The maximum Gasteiger partial charge on any atom is 0.341 e. The minimum Gasteiger partial charge on any atom is -0.462 e. The number of hydrogen-bond acceptors (Lipinski definition) is 5. The first kappa shape index (κ1) is 18.9. The Bertz CT molecular complexity index is 583. The molecule has 24 heavy (non-hydrogen) atoms. The minimum atomic E-state index is -0.321. The summed E-state index contributed by atoms with van der Waals surface area (Å²) in [7, 11) is 0. The monoisotopic (exact) mass is 352 g/mol. The fraction of sp³-hybridized carbons (Fsp3) is 0.667. The molecule has 1 amide bonds. The summed E-state index contributed by atoms with van der Waals surface area (Å²) < 4.78 is 5.22. The molecular formula is C18H28N2O3S. The van der Waals surface area contributed by atoms with Gasteiger partial charge in [0.2, 0.25) is 5.91 Å². The van der Waals surface area contributed by atoms with Crippen LogP contribution in [0.1, 0.15) is 60.8 Å². The van der Waals surface area contributed by atoms with E-state index in [0.29, 0.717) is 23.1 Å². The van der Waals surface area contributed by atoms with Crippen molar-refractivity contribution in [2.24, 2.45) is 5.92 Å². The number of thiophene rings is 1. The average molecular weight is 353 g/mol. The van der Waals surface area contributed by atoms with Crippen molar-refractivity contribution in [2.75, 3.05) is 25.0 Å². The summed E-state index contributed by atoms with van der Waals surface area (Å²) in [6.07, 6.45) is 5.06. The second-order valence-electron chi connectivity index (χ2n) is 6.35. The predicted molar refractivity (Wildman–Crippen MR) is 97.9 cm³/mol. The topological polar surface area (TPSA) is 67.4 Å². The van der Waals surface area contributed by atoms with Crippen LogP contribution in [0.2, 0.25) is 0 Å². The van der Waals surface area contributed by atoms with Gasteiger partial charge >= 0.3 is 5.97 Å². The number of ether oxygens (including phenoxy) is 1. The number of anilines is 1. The molecule has 134 valence electrons. The minimum absolute atomic E-state index is 0.108. The van der Waals surface area contributed by atoms with Gasteiger partial charge in [-0.3, -0.25) is 4.79 Å². The Hall–Kier alpha value is -1.40. The summed E-state index contributed by atoms with van der Waals surface area (Å²) in [5.74, 6) is 0.188. The molecule has 6 heteroatoms. The average Bonchev–Trinajstić information content (AvgIpc) is 2.88. The number of nitrogens with one attached hydrogen (secondary N) is 2. The molecule has 1 heterocycles. The van der Waals surface area contributed by atoms with Gasteiger partial charge in [-0.05, 0) is 50.6 Å². The first-order chi connectivity index (χ1) is 11.6. The van der Waals surface area contributed by atoms with Gasteiger partial charge in [0.15, 0.2) is 0 Å². The summed E-state index contributed by atoms with van der Waals surface area (Å²) >= 11 is 1.53. The SMILES string of the molecule is CCCCNCC(=O)Nc1sc2c(c1C(=O)OCC)CC[C@H](C)C2. The third-order valence-electron chi connectivity index (χ3n) is 4.24. The summed E-state index contributed by atoms with van der Waals surface area (Å²) in [6, 6.07) is 0. The predicted octanol–water partition coefficient (Wildman–Crippen LogP) is 3.38. The number of carbonyl (C=O) groups excluding carboxylic acids is 2. The van der Waals surface area contributed by atoms with Crippen molar-refractivity contribution < 1.29 is 14.3 Å². The molecule has 0 bridgehead atoms. The van der Waals surface area contributed by atoms with Gasteiger partial charge in [0.05, 0.1) is 18.7 Å². The lowest BCUT2D eigenvalue weighted by Crippen LogP contribution is -2.29. The molecule has 0 saturated carbocycles. The highest BCUT2D eigenvalue weighted by atomic mass is 32.1. The van der Waals surface area contributed by atoms with Gasteiger partial charge in [-0.2, -0.15) is 0 Å². The maximum absolute atomic E-state index is 12.4. The Morgan fingerprint density at radius 3 is 2.83 bits per heavy atom. The zero-order valence-corrected chi connectivity index (χ0v) is 15.7. The van der Waals surface area contributed by atoms with Crippen molar-refractivity contribution in [1.82, 2.24) is 5.32 Å². The van der Waals surface area contributed by atoms with E-state index in [2.05, 4.69) is 24.5 Å². The first-order valence-electron chi connectivity index (χ1n) is 8.89. The molecule has 1 aromatic heterocycles. The number of fused-ring (bicyclic) bond motifs is 1. The number of carbonyl (C=O) groups is 2. The van der Waals surface area contributed by atoms with E-state index < -0.39 is 0 Å². The quantitative estimate of drug-likeness (QED) is 0.556. The summed E-state index contributed by atoms with van der Waals surface area (Å²) in [4.78, 5) is 25.8. The maximum atomic E-state index is 12.4. The number of unbranched alkanes of at least 4 members (excludes halogenated alkanes) is 1. The smallest absolute Gasteiger partial charge is 0.341 e. The van der Waals surface area contributed by atoms with Crippen LogP contribution in [0, 0.1) is 5.92 Å². The van der Waals surface area contributed by atoms with Gasteiger partial charge in [0, 0.05) is 4.88 Å². The lowest BCUT2D eigenvalue weighted by molar-refractivity contribution is -0.115. The molecule has 0 unspecified atom stereocenters. The molecule has 0 radical (unpaired) electrons. The van der Waals surface area contributed by atoms with E-state index in [1.165, 1.54) is 16.2 Å². The van der Waals surface area contributed by atoms with Gasteiger partial charge in [0.1, 0.15) is 5.00 Å². The Balaban J connectivity index is 2.13. The van der Waals surface area contributed by atoms with Crippen LogP contribution in [-0.2, 0) is 22.4 Å². The summed E-state index contributed by atoms with van der Waals surface area (Å²) in [5, 5.41) is 6.69. The molecule has 1 aromatic rings. The summed E-state index contributed by atoms with van der Waals surface area (Å²) in [5.41, 5.74) is 1.65. The molecule has 0 fully saturated rings. The Morgan fingerprint density at radius 1 is 1.33 bits per heavy atom. The highest BCUT2D eigenvalue weighted by molar-refractivity contribution is 7.17. The van der Waals surface area contributed by atoms with Gasteiger partial charge in [0.25, 0.3) is 0 Å². The van der Waals surface area contributed by atoms with Crippen LogP contribution in [0.25, 0.3) is 0 Å². The van der Waals surface area contributed by atoms with Crippen molar-refractivity contribution in [3.8, 4) is 0 Å². The molecule has 0 saturated heterocycles. The van der Waals surface area contributed by atoms with Crippen molar-refractivity contribution >= 4 is 28.2 Å². The molecule has 1 atom stereocenters. The third-order valence-corrected chi connectivity index (χ3v) is 5.41. The molecule has 2 N–H and O–H groups in total. The third kappa shape index (κ3) is 4.80. The van der Waals surface area contributed by atoms with Crippen LogP contribution in [0.3, 0.4) is 0 Å². The lowest BCUT2D eigenvalue weighted by Gasteiger charge is -2.18. The molecule has 1 aliphatic carbocycles. The largest absolute Gasteiger partial charge is 0.462 e. The zero-order valence-electron chi connectivity index (χ0n) is 14.9. The van der Waals surface area contributed by atoms with Crippen molar-refractivity contribution in [3.05, 3.63) is 16.0 Å². The summed E-state index contributed by atoms with van der Waals surface area (Å²) in [6.45, 7) is 7.57. The van der Waals surface area contributed by atoms with Gasteiger partial charge in [-0.1, -0.05) is 20.3 Å². The molecular weight excluding hydrogens is 324 g/mol. The van der Waals surface area contributed by atoms with Gasteiger partial charge in [-0.25, -0.2) is 4.79 Å². The van der Waals surface area contributed by atoms with Gasteiger partial charge in [-0.15, -0.1) is 11.3 Å². The Kier molecular flexibility index (Phi) is 7.24. The van der Waals surface area contributed by atoms with Crippen LogP contribution in [0.5, 0.6) is 0 Å². The lowest BCUT2D eigenvalue weighted by atomic mass is 9.88. The Morgan fingerprint density at radius 2 is 2.12 bits per heavy atom. The van der Waals surface area contributed by atoms with E-state index in [4.69, 9.17) is 4.74 Å². The van der Waals surface area contributed by atoms with E-state index in [9.17, 15) is 9.59 Å². The number of hydrogen-bond donors (Lipinski definition) is 2. The number of amides is 1. The number of esters is 1. The second kappa shape index (κ2) is 9.18. The fourth-order valence-corrected chi connectivity index (χ4v) is 4.35. The molecule has 0 aliphatic heterocycles. The van der Waals surface area contributed by atoms with Crippen LogP contribution in [-0.4, -0.2) is 31.6 Å². The molecule has 2 rings (SSSR count). The van der Waals surface area contributed by atoms with E-state index in [1.54, 1.807) is 6.92 Å². The fourth-order valence-electron chi connectivity index (χ4n) is 2.93. The van der Waals surface area contributed by atoms with E-state index >= 15 is 0 Å². The highest BCUT2D eigenvalue weighted by Gasteiger charge is 2.29. The standard InChI is InChI=1S/C18H28N2O3S/c1-4-6-9-19-11-15(21)20-17-16(18(22)23-5-2)13-8-7-12(3)10-14(13)24-17/h12,19H,4-11H2,1-3H3,(H,20,21)/t12-/m0/s1. The molecule has 0 spiro atoms. The van der Waals surface area contributed by atoms with Crippen LogP contribution >= 0.6 is 11.3 Å². The van der Waals surface area contributed by atoms with Crippen LogP contribution in [0.15, 0.2) is 0 Å². The van der Waals surface area contributed by atoms with Crippen molar-refractivity contribution in [1.29, 1.82) is 0 Å². The van der Waals surface area contributed by atoms with E-state index in [0.717, 1.165) is 44.2 Å². The first-order valence-corrected chi connectivity index (χ1v) is 9.70. The molecule has 1 aliphatic rings. The number of rotatable bonds is 8. The van der Waals surface area contributed by atoms with Crippen molar-refractivity contribution in [2.45, 2.75) is 52.9 Å². The normalized spacial score (nSPS) is 16.5. The highest BCUT2D eigenvalue weighted by Crippen LogP contribution is 2.40. The molecule has 0 aromatic carbocycles. The molecule has 5 nitrogen and oxygen atoms in total. The van der Waals surface area contributed by atoms with Crippen LogP contribution < -0.4 is 10.6 Å². The van der Waals surface area contributed by atoms with Crippen LogP contribution in [0.4, 0.5) is 5.00 Å². The van der Waals surface area contributed by atoms with E-state index in [1.807, 2.05) is 0 Å². The Labute approximate surface area is 148 Å². The van der Waals surface area contributed by atoms with Gasteiger partial charge < -0.3 is 15.4 Å². The second-order valence-corrected chi connectivity index (χ2v) is 7.46. The zero-order chi connectivity index (χ0) is 17.5.